The third-order valence-electron chi connectivity index (χ3n) is 2.13. The van der Waals surface area contributed by atoms with Gasteiger partial charge in [0, 0.05) is 6.07 Å². The molecule has 0 aliphatic heterocycles. The summed E-state index contributed by atoms with van der Waals surface area (Å²) in [7, 11) is 0. The van der Waals surface area contributed by atoms with Gasteiger partial charge in [-0.05, 0) is 19.1 Å². The number of carbonyl (C=O) groups excluding carboxylic acids is 1. The SMILES string of the molecule is CCOc1cc(Cl)nc(NC(=O)Oc2ccccc2)n1. The van der Waals surface area contributed by atoms with Gasteiger partial charge in [-0.25, -0.2) is 9.78 Å². The average molecular weight is 294 g/mol. The number of anilines is 1. The lowest BCUT2D eigenvalue weighted by molar-refractivity contribution is 0.215. The molecule has 0 spiro atoms. The number of nitrogens with zero attached hydrogens (tertiary/aromatic N) is 2. The van der Waals surface area contributed by atoms with Crippen LogP contribution in [0, 0.1) is 0 Å². The largest absolute Gasteiger partial charge is 0.478 e. The third-order valence-corrected chi connectivity index (χ3v) is 2.32. The number of ether oxygens (including phenoxy) is 2. The minimum Gasteiger partial charge on any atom is -0.478 e. The van der Waals surface area contributed by atoms with Gasteiger partial charge >= 0.3 is 6.09 Å². The highest BCUT2D eigenvalue weighted by Crippen LogP contribution is 2.16. The van der Waals surface area contributed by atoms with Crippen LogP contribution in [0.1, 0.15) is 6.92 Å². The Morgan fingerprint density at radius 2 is 2.05 bits per heavy atom. The van der Waals surface area contributed by atoms with Crippen molar-refractivity contribution in [1.82, 2.24) is 9.97 Å². The lowest BCUT2D eigenvalue weighted by Crippen LogP contribution is -2.18. The van der Waals surface area contributed by atoms with Gasteiger partial charge in [0.05, 0.1) is 6.61 Å². The number of amides is 1. The molecule has 6 nitrogen and oxygen atoms in total. The van der Waals surface area contributed by atoms with E-state index in [1.807, 2.05) is 13.0 Å². The second kappa shape index (κ2) is 6.72. The molecule has 1 aromatic carbocycles. The van der Waals surface area contributed by atoms with E-state index < -0.39 is 6.09 Å². The number of rotatable bonds is 4. The molecule has 0 radical (unpaired) electrons. The summed E-state index contributed by atoms with van der Waals surface area (Å²) in [6, 6.07) is 10.1. The van der Waals surface area contributed by atoms with E-state index in [9.17, 15) is 4.79 Å². The molecule has 0 bridgehead atoms. The maximum absolute atomic E-state index is 11.7. The molecule has 7 heteroatoms. The van der Waals surface area contributed by atoms with E-state index in [1.54, 1.807) is 24.3 Å². The fourth-order valence-corrected chi connectivity index (χ4v) is 1.56. The van der Waals surface area contributed by atoms with Crippen LogP contribution >= 0.6 is 11.6 Å². The van der Waals surface area contributed by atoms with Gasteiger partial charge in [-0.1, -0.05) is 29.8 Å². The molecule has 1 aromatic heterocycles. The minimum absolute atomic E-state index is 0.0156. The molecule has 0 saturated heterocycles. The fourth-order valence-electron chi connectivity index (χ4n) is 1.39. The summed E-state index contributed by atoms with van der Waals surface area (Å²) in [5.74, 6) is 0.710. The van der Waals surface area contributed by atoms with Crippen molar-refractivity contribution in [2.45, 2.75) is 6.92 Å². The zero-order valence-electron chi connectivity index (χ0n) is 10.7. The van der Waals surface area contributed by atoms with E-state index in [1.165, 1.54) is 6.07 Å². The second-order valence-corrected chi connectivity index (χ2v) is 4.00. The first kappa shape index (κ1) is 14.1. The fraction of sp³-hybridized carbons (Fsp3) is 0.154. The number of carbonyl (C=O) groups is 1. The van der Waals surface area contributed by atoms with E-state index >= 15 is 0 Å². The van der Waals surface area contributed by atoms with Gasteiger partial charge < -0.3 is 9.47 Å². The predicted molar refractivity (Wildman–Crippen MR) is 74.3 cm³/mol. The standard InChI is InChI=1S/C13H12ClN3O3/c1-2-19-11-8-10(14)15-12(16-11)17-13(18)20-9-6-4-3-5-7-9/h3-8H,2H2,1H3,(H,15,16,17,18). The lowest BCUT2D eigenvalue weighted by Gasteiger charge is -2.07. The Hall–Kier alpha value is -2.34. The van der Waals surface area contributed by atoms with Crippen LogP contribution in [-0.2, 0) is 0 Å². The van der Waals surface area contributed by atoms with Crippen molar-refractivity contribution in [2.75, 3.05) is 11.9 Å². The Morgan fingerprint density at radius 1 is 1.30 bits per heavy atom. The number of halogens is 1. The molecule has 0 saturated carbocycles. The summed E-state index contributed by atoms with van der Waals surface area (Å²) in [6.45, 7) is 2.24. The smallest absolute Gasteiger partial charge is 0.419 e. The lowest BCUT2D eigenvalue weighted by atomic mass is 10.3. The van der Waals surface area contributed by atoms with E-state index in [0.717, 1.165) is 0 Å². The molecular weight excluding hydrogens is 282 g/mol. The van der Waals surface area contributed by atoms with Gasteiger partial charge in [-0.2, -0.15) is 4.98 Å². The molecule has 0 atom stereocenters. The van der Waals surface area contributed by atoms with E-state index in [-0.39, 0.29) is 17.0 Å². The summed E-state index contributed by atoms with van der Waals surface area (Å²) in [6.07, 6.45) is -0.707. The zero-order valence-corrected chi connectivity index (χ0v) is 11.4. The van der Waals surface area contributed by atoms with Crippen LogP contribution in [0.4, 0.5) is 10.7 Å². The van der Waals surface area contributed by atoms with Crippen molar-refractivity contribution in [3.8, 4) is 11.6 Å². The summed E-state index contributed by atoms with van der Waals surface area (Å²) < 4.78 is 10.2. The van der Waals surface area contributed by atoms with Crippen molar-refractivity contribution in [3.05, 3.63) is 41.6 Å². The first-order valence-corrected chi connectivity index (χ1v) is 6.26. The Morgan fingerprint density at radius 3 is 2.75 bits per heavy atom. The van der Waals surface area contributed by atoms with Crippen molar-refractivity contribution in [1.29, 1.82) is 0 Å². The maximum Gasteiger partial charge on any atom is 0.419 e. The molecule has 0 aliphatic rings. The quantitative estimate of drug-likeness (QED) is 0.877. The summed E-state index contributed by atoms with van der Waals surface area (Å²) >= 11 is 5.81. The van der Waals surface area contributed by atoms with E-state index in [2.05, 4.69) is 15.3 Å². The van der Waals surface area contributed by atoms with Gasteiger partial charge in [0.1, 0.15) is 10.9 Å². The molecule has 0 aliphatic carbocycles. The second-order valence-electron chi connectivity index (χ2n) is 3.61. The van der Waals surface area contributed by atoms with Crippen LogP contribution in [0.15, 0.2) is 36.4 Å². The molecular formula is C13H12ClN3O3. The molecule has 1 N–H and O–H groups in total. The molecule has 1 amide bonds. The highest BCUT2D eigenvalue weighted by atomic mass is 35.5. The monoisotopic (exact) mass is 293 g/mol. The number of hydrogen-bond acceptors (Lipinski definition) is 5. The maximum atomic E-state index is 11.7. The van der Waals surface area contributed by atoms with E-state index in [4.69, 9.17) is 21.1 Å². The van der Waals surface area contributed by atoms with Crippen LogP contribution in [0.5, 0.6) is 11.6 Å². The molecule has 20 heavy (non-hydrogen) atoms. The highest BCUT2D eigenvalue weighted by molar-refractivity contribution is 6.29. The molecule has 2 rings (SSSR count). The third kappa shape index (κ3) is 4.10. The zero-order chi connectivity index (χ0) is 14.4. The van der Waals surface area contributed by atoms with Gasteiger partial charge in [0.2, 0.25) is 11.8 Å². The Kier molecular flexibility index (Phi) is 4.73. The Bertz CT molecular complexity index is 593. The van der Waals surface area contributed by atoms with Gasteiger partial charge in [-0.3, -0.25) is 5.32 Å². The van der Waals surface area contributed by atoms with Gasteiger partial charge in [0.25, 0.3) is 0 Å². The summed E-state index contributed by atoms with van der Waals surface area (Å²) in [4.78, 5) is 19.5. The summed E-state index contributed by atoms with van der Waals surface area (Å²) in [5, 5.41) is 2.55. The van der Waals surface area contributed by atoms with E-state index in [0.29, 0.717) is 12.4 Å². The number of para-hydroxylation sites is 1. The Balaban J connectivity index is 2.04. The van der Waals surface area contributed by atoms with Crippen LogP contribution in [0.3, 0.4) is 0 Å². The van der Waals surface area contributed by atoms with Crippen molar-refractivity contribution in [3.63, 3.8) is 0 Å². The average Bonchev–Trinajstić information content (AvgIpc) is 2.39. The van der Waals surface area contributed by atoms with Crippen molar-refractivity contribution < 1.29 is 14.3 Å². The van der Waals surface area contributed by atoms with Crippen LogP contribution in [0.25, 0.3) is 0 Å². The topological polar surface area (TPSA) is 73.3 Å². The molecule has 0 fully saturated rings. The van der Waals surface area contributed by atoms with Crippen molar-refractivity contribution in [2.24, 2.45) is 0 Å². The molecule has 0 unspecified atom stereocenters. The first-order valence-electron chi connectivity index (χ1n) is 5.88. The number of nitrogens with one attached hydrogen (secondary N) is 1. The first-order chi connectivity index (χ1) is 9.67. The number of hydrogen-bond donors (Lipinski definition) is 1. The van der Waals surface area contributed by atoms with Gasteiger partial charge in [0.15, 0.2) is 0 Å². The predicted octanol–water partition coefficient (Wildman–Crippen LogP) is 3.14. The number of aromatic nitrogens is 2. The van der Waals surface area contributed by atoms with Crippen LogP contribution < -0.4 is 14.8 Å². The normalized spacial score (nSPS) is 9.90. The number of benzene rings is 1. The minimum atomic E-state index is -0.707. The molecule has 104 valence electrons. The summed E-state index contributed by atoms with van der Waals surface area (Å²) in [5.41, 5.74) is 0. The highest BCUT2D eigenvalue weighted by Gasteiger charge is 2.09. The Labute approximate surface area is 120 Å². The van der Waals surface area contributed by atoms with Crippen molar-refractivity contribution >= 4 is 23.6 Å². The van der Waals surface area contributed by atoms with Gasteiger partial charge in [-0.15, -0.1) is 0 Å². The molecule has 1 heterocycles. The van der Waals surface area contributed by atoms with Crippen LogP contribution in [0.2, 0.25) is 5.15 Å². The molecule has 2 aromatic rings. The van der Waals surface area contributed by atoms with Crippen LogP contribution in [-0.4, -0.2) is 22.7 Å².